The molecule has 72 valence electrons. The number of carboxylic acid groups (broad SMARTS) is 1. The van der Waals surface area contributed by atoms with Crippen molar-refractivity contribution in [1.82, 2.24) is 4.98 Å². The molecule has 2 N–H and O–H groups in total. The number of aromatic nitrogens is 1. The Morgan fingerprint density at radius 1 is 1.54 bits per heavy atom. The molecule has 1 aromatic rings. The molecule has 0 spiro atoms. The van der Waals surface area contributed by atoms with Gasteiger partial charge in [-0.25, -0.2) is 4.79 Å². The number of carbonyl (C=O) groups is 1. The third-order valence-electron chi connectivity index (χ3n) is 1.94. The number of aromatic carboxylic acids is 1. The van der Waals surface area contributed by atoms with Gasteiger partial charge in [0.15, 0.2) is 0 Å². The van der Waals surface area contributed by atoms with E-state index in [1.54, 1.807) is 6.92 Å². The Balaban J connectivity index is 3.30. The van der Waals surface area contributed by atoms with Crippen LogP contribution in [0.1, 0.15) is 41.5 Å². The van der Waals surface area contributed by atoms with Crippen LogP contribution in [0.25, 0.3) is 0 Å². The van der Waals surface area contributed by atoms with E-state index >= 15 is 0 Å². The molecule has 0 saturated heterocycles. The second-order valence-corrected chi connectivity index (χ2v) is 3.69. The Bertz CT molecular complexity index is 342. The Kier molecular flexibility index (Phi) is 2.66. The largest absolute Gasteiger partial charge is 0.478 e. The normalized spacial score (nSPS) is 10.8. The highest BCUT2D eigenvalue weighted by molar-refractivity contribution is 6.34. The minimum atomic E-state index is -0.981. The van der Waals surface area contributed by atoms with Crippen LogP contribution in [0.5, 0.6) is 0 Å². The molecule has 0 radical (unpaired) electrons. The molecule has 0 saturated carbocycles. The highest BCUT2D eigenvalue weighted by Gasteiger charge is 2.20. The second-order valence-electron chi connectivity index (χ2n) is 3.31. The van der Waals surface area contributed by atoms with Crippen LogP contribution in [0.3, 0.4) is 0 Å². The van der Waals surface area contributed by atoms with Crippen LogP contribution in [0.4, 0.5) is 0 Å². The molecule has 3 nitrogen and oxygen atoms in total. The van der Waals surface area contributed by atoms with E-state index in [1.807, 2.05) is 13.8 Å². The van der Waals surface area contributed by atoms with Gasteiger partial charge in [-0.1, -0.05) is 25.4 Å². The number of aromatic amines is 1. The van der Waals surface area contributed by atoms with Crippen LogP contribution in [-0.2, 0) is 0 Å². The summed E-state index contributed by atoms with van der Waals surface area (Å²) in [6, 6.07) is 0. The van der Waals surface area contributed by atoms with Crippen molar-refractivity contribution in [1.29, 1.82) is 0 Å². The van der Waals surface area contributed by atoms with Crippen molar-refractivity contribution in [3.8, 4) is 0 Å². The fourth-order valence-electron chi connectivity index (χ4n) is 1.27. The van der Waals surface area contributed by atoms with E-state index in [1.165, 1.54) is 0 Å². The monoisotopic (exact) mass is 201 g/mol. The van der Waals surface area contributed by atoms with Crippen molar-refractivity contribution in [2.75, 3.05) is 0 Å². The summed E-state index contributed by atoms with van der Waals surface area (Å²) < 4.78 is 0. The van der Waals surface area contributed by atoms with E-state index in [4.69, 9.17) is 16.7 Å². The van der Waals surface area contributed by atoms with E-state index < -0.39 is 5.97 Å². The summed E-state index contributed by atoms with van der Waals surface area (Å²) in [7, 11) is 0. The molecule has 0 fully saturated rings. The van der Waals surface area contributed by atoms with Crippen molar-refractivity contribution in [3.63, 3.8) is 0 Å². The number of halogens is 1. The Morgan fingerprint density at radius 3 is 2.31 bits per heavy atom. The topological polar surface area (TPSA) is 53.1 Å². The summed E-state index contributed by atoms with van der Waals surface area (Å²) in [6.45, 7) is 5.63. The maximum Gasteiger partial charge on any atom is 0.339 e. The molecule has 1 aromatic heterocycles. The molecule has 0 aliphatic rings. The zero-order valence-electron chi connectivity index (χ0n) is 7.81. The molecule has 4 heteroatoms. The van der Waals surface area contributed by atoms with Crippen molar-refractivity contribution in [2.45, 2.75) is 26.7 Å². The van der Waals surface area contributed by atoms with Gasteiger partial charge in [0.05, 0.1) is 10.6 Å². The van der Waals surface area contributed by atoms with Gasteiger partial charge in [0.25, 0.3) is 0 Å². The molecule has 1 rings (SSSR count). The average molecular weight is 202 g/mol. The number of aryl methyl sites for hydroxylation is 1. The summed E-state index contributed by atoms with van der Waals surface area (Å²) in [4.78, 5) is 13.8. The lowest BCUT2D eigenvalue weighted by molar-refractivity contribution is 0.0696. The van der Waals surface area contributed by atoms with E-state index in [2.05, 4.69) is 4.98 Å². The fourth-order valence-corrected chi connectivity index (χ4v) is 1.76. The smallest absolute Gasteiger partial charge is 0.339 e. The van der Waals surface area contributed by atoms with E-state index in [9.17, 15) is 4.79 Å². The van der Waals surface area contributed by atoms with Gasteiger partial charge in [-0.2, -0.15) is 0 Å². The highest BCUT2D eigenvalue weighted by atomic mass is 35.5. The SMILES string of the molecule is Cc1[nH]c(C(C)C)c(Cl)c1C(=O)O. The lowest BCUT2D eigenvalue weighted by Crippen LogP contribution is -1.97. The number of hydrogen-bond donors (Lipinski definition) is 2. The third-order valence-corrected chi connectivity index (χ3v) is 2.34. The van der Waals surface area contributed by atoms with Crippen molar-refractivity contribution in [2.24, 2.45) is 0 Å². The maximum atomic E-state index is 10.8. The van der Waals surface area contributed by atoms with Crippen LogP contribution in [0.15, 0.2) is 0 Å². The van der Waals surface area contributed by atoms with Gasteiger partial charge in [0.1, 0.15) is 0 Å². The second kappa shape index (κ2) is 3.42. The van der Waals surface area contributed by atoms with Gasteiger partial charge < -0.3 is 10.1 Å². The van der Waals surface area contributed by atoms with Crippen LogP contribution in [0.2, 0.25) is 5.02 Å². The van der Waals surface area contributed by atoms with Crippen LogP contribution in [0, 0.1) is 6.92 Å². The van der Waals surface area contributed by atoms with Gasteiger partial charge >= 0.3 is 5.97 Å². The molecule has 0 bridgehead atoms. The average Bonchev–Trinajstić information content (AvgIpc) is 2.26. The first kappa shape index (κ1) is 10.1. The Labute approximate surface area is 81.7 Å². The Hall–Kier alpha value is -0.960. The number of rotatable bonds is 2. The van der Waals surface area contributed by atoms with Gasteiger partial charge in [-0.3, -0.25) is 0 Å². The first-order valence-corrected chi connectivity index (χ1v) is 4.44. The van der Waals surface area contributed by atoms with E-state index in [0.29, 0.717) is 10.7 Å². The lowest BCUT2D eigenvalue weighted by atomic mass is 10.1. The number of hydrogen-bond acceptors (Lipinski definition) is 1. The molecule has 0 amide bonds. The number of H-pyrrole nitrogens is 1. The van der Waals surface area contributed by atoms with Crippen molar-refractivity contribution >= 4 is 17.6 Å². The van der Waals surface area contributed by atoms with Crippen molar-refractivity contribution < 1.29 is 9.90 Å². The van der Waals surface area contributed by atoms with Gasteiger partial charge in [-0.15, -0.1) is 0 Å². The summed E-state index contributed by atoms with van der Waals surface area (Å²) in [5.74, 6) is -0.773. The van der Waals surface area contributed by atoms with Crippen LogP contribution >= 0.6 is 11.6 Å². The van der Waals surface area contributed by atoms with Crippen LogP contribution in [-0.4, -0.2) is 16.1 Å². The zero-order chi connectivity index (χ0) is 10.2. The van der Waals surface area contributed by atoms with E-state index in [-0.39, 0.29) is 11.5 Å². The first-order valence-electron chi connectivity index (χ1n) is 4.06. The summed E-state index contributed by atoms with van der Waals surface area (Å²) in [6.07, 6.45) is 0. The standard InChI is InChI=1S/C9H12ClNO2/c1-4(2)8-7(10)6(9(12)13)5(3)11-8/h4,11H,1-3H3,(H,12,13). The fraction of sp³-hybridized carbons (Fsp3) is 0.444. The highest BCUT2D eigenvalue weighted by Crippen LogP contribution is 2.29. The van der Waals surface area contributed by atoms with Crippen LogP contribution < -0.4 is 0 Å². The predicted molar refractivity (Wildman–Crippen MR) is 51.6 cm³/mol. The summed E-state index contributed by atoms with van der Waals surface area (Å²) in [5.41, 5.74) is 1.59. The van der Waals surface area contributed by atoms with Gasteiger partial charge in [0, 0.05) is 11.4 Å². The molecule has 0 unspecified atom stereocenters. The molecule has 13 heavy (non-hydrogen) atoms. The predicted octanol–water partition coefficient (Wildman–Crippen LogP) is 2.80. The summed E-state index contributed by atoms with van der Waals surface area (Å²) >= 11 is 5.91. The number of nitrogens with one attached hydrogen (secondary N) is 1. The van der Waals surface area contributed by atoms with Gasteiger partial charge in [-0.05, 0) is 12.8 Å². The minimum Gasteiger partial charge on any atom is -0.478 e. The molecule has 1 heterocycles. The molecule has 0 aliphatic carbocycles. The molecule has 0 aliphatic heterocycles. The molecule has 0 aromatic carbocycles. The third kappa shape index (κ3) is 1.70. The van der Waals surface area contributed by atoms with E-state index in [0.717, 1.165) is 5.69 Å². The quantitative estimate of drug-likeness (QED) is 0.773. The Morgan fingerprint density at radius 2 is 2.08 bits per heavy atom. The molecular weight excluding hydrogens is 190 g/mol. The molecule has 0 atom stereocenters. The minimum absolute atomic E-state index is 0.186. The first-order chi connectivity index (χ1) is 5.95. The van der Waals surface area contributed by atoms with Gasteiger partial charge in [0.2, 0.25) is 0 Å². The molecular formula is C9H12ClNO2. The lowest BCUT2D eigenvalue weighted by Gasteiger charge is -2.01. The summed E-state index contributed by atoms with van der Waals surface area (Å²) in [5, 5.41) is 9.17. The zero-order valence-corrected chi connectivity index (χ0v) is 8.57. The van der Waals surface area contributed by atoms with Crippen molar-refractivity contribution in [3.05, 3.63) is 22.0 Å². The maximum absolute atomic E-state index is 10.8. The number of carboxylic acids is 1.